The van der Waals surface area contributed by atoms with E-state index < -0.39 is 5.54 Å². The van der Waals surface area contributed by atoms with Gasteiger partial charge in [-0.2, -0.15) is 0 Å². The van der Waals surface area contributed by atoms with Gasteiger partial charge in [0.25, 0.3) is 0 Å². The van der Waals surface area contributed by atoms with Crippen molar-refractivity contribution in [1.29, 1.82) is 0 Å². The van der Waals surface area contributed by atoms with Crippen molar-refractivity contribution < 1.29 is 18.3 Å². The molecule has 0 aliphatic rings. The van der Waals surface area contributed by atoms with Crippen LogP contribution in [0.5, 0.6) is 0 Å². The quantitative estimate of drug-likeness (QED) is 0.410. The van der Waals surface area contributed by atoms with E-state index in [0.717, 1.165) is 5.56 Å². The second-order valence-electron chi connectivity index (χ2n) is 6.97. The first kappa shape index (κ1) is 28.2. The summed E-state index contributed by atoms with van der Waals surface area (Å²) in [6.45, 7) is 9.86. The van der Waals surface area contributed by atoms with Crippen molar-refractivity contribution in [3.05, 3.63) is 88.4 Å². The van der Waals surface area contributed by atoms with Gasteiger partial charge in [0.2, 0.25) is 0 Å². The summed E-state index contributed by atoms with van der Waals surface area (Å²) >= 11 is 0. The Balaban J connectivity index is 0.00000165. The largest absolute Gasteiger partial charge is 0.388 e. The predicted molar refractivity (Wildman–Crippen MR) is 121 cm³/mol. The molecule has 0 aliphatic carbocycles. The Morgan fingerprint density at radius 3 is 2.23 bits per heavy atom. The number of benzene rings is 2. The normalized spacial score (nSPS) is 12.8. The van der Waals surface area contributed by atoms with Gasteiger partial charge >= 0.3 is 0 Å². The van der Waals surface area contributed by atoms with Crippen LogP contribution in [0.4, 0.5) is 8.78 Å². The molecule has 0 bridgehead atoms. The fourth-order valence-electron chi connectivity index (χ4n) is 2.99. The van der Waals surface area contributed by atoms with E-state index in [0.29, 0.717) is 30.5 Å². The number of hydrogen-bond acceptors (Lipinski definition) is 5. The van der Waals surface area contributed by atoms with Gasteiger partial charge in [0.1, 0.15) is 24.0 Å². The van der Waals surface area contributed by atoms with E-state index in [1.165, 1.54) is 18.2 Å². The van der Waals surface area contributed by atoms with Gasteiger partial charge in [0.15, 0.2) is 0 Å². The minimum absolute atomic E-state index is 0.0774. The average Bonchev–Trinajstić information content (AvgIpc) is 2.77. The summed E-state index contributed by atoms with van der Waals surface area (Å²) in [5.74, 6) is -0.599. The maximum atomic E-state index is 13.7. The zero-order valence-electron chi connectivity index (χ0n) is 18.7. The molecule has 0 heterocycles. The van der Waals surface area contributed by atoms with Crippen LogP contribution in [0.25, 0.3) is 0 Å². The monoisotopic (exact) mass is 434 g/mol. The Morgan fingerprint density at radius 1 is 1.16 bits per heavy atom. The highest BCUT2D eigenvalue weighted by molar-refractivity contribution is 5.27. The van der Waals surface area contributed by atoms with Crippen molar-refractivity contribution in [2.75, 3.05) is 20.8 Å². The van der Waals surface area contributed by atoms with Crippen LogP contribution in [0.2, 0.25) is 0 Å². The molecule has 2 unspecified atom stereocenters. The third-order valence-corrected chi connectivity index (χ3v) is 4.72. The molecule has 1 N–H and O–H groups in total. The number of halogens is 2. The number of aryl methyl sites for hydroxylation is 1. The van der Waals surface area contributed by atoms with Crippen LogP contribution >= 0.6 is 0 Å². The standard InChI is InChI=1S/C21H24F2N2O.C2H6O.CH2O/c1-4-11-21(25-26,18-7-9-19(22)10-8-18)12-13-24-16(3)17-6-5-15(2)20(23)14-17;1-3-2;1-2/h4-10,14,16,24H,1,11-13H2,2-3H3;1-2H3;1H2. The van der Waals surface area contributed by atoms with Crippen molar-refractivity contribution in [3.8, 4) is 0 Å². The minimum Gasteiger partial charge on any atom is -0.388 e. The Morgan fingerprint density at radius 2 is 1.74 bits per heavy atom. The first-order valence-corrected chi connectivity index (χ1v) is 9.73. The van der Waals surface area contributed by atoms with Gasteiger partial charge in [-0.05, 0) is 68.1 Å². The van der Waals surface area contributed by atoms with Gasteiger partial charge in [-0.1, -0.05) is 35.5 Å². The topological polar surface area (TPSA) is 67.8 Å². The summed E-state index contributed by atoms with van der Waals surface area (Å²) in [4.78, 5) is 19.7. The maximum Gasteiger partial charge on any atom is 0.132 e. The summed E-state index contributed by atoms with van der Waals surface area (Å²) in [6.07, 6.45) is 2.42. The molecule has 170 valence electrons. The Bertz CT molecular complexity index is 800. The van der Waals surface area contributed by atoms with Crippen molar-refractivity contribution in [2.45, 2.75) is 38.3 Å². The zero-order chi connectivity index (χ0) is 23.9. The van der Waals surface area contributed by atoms with E-state index in [2.05, 4.69) is 21.8 Å². The number of methoxy groups -OCH3 is 1. The first-order chi connectivity index (χ1) is 14.8. The number of ether oxygens (including phenoxy) is 1. The molecule has 0 spiro atoms. The number of carbonyl (C=O) groups is 1. The van der Waals surface area contributed by atoms with Gasteiger partial charge < -0.3 is 14.8 Å². The highest BCUT2D eigenvalue weighted by Crippen LogP contribution is 2.34. The number of nitrogens with one attached hydrogen (secondary N) is 1. The molecule has 0 radical (unpaired) electrons. The number of nitroso groups, excluding NO2 is 1. The fourth-order valence-corrected chi connectivity index (χ4v) is 2.99. The molecule has 0 amide bonds. The lowest BCUT2D eigenvalue weighted by Gasteiger charge is -2.27. The molecule has 5 nitrogen and oxygen atoms in total. The number of rotatable bonds is 9. The summed E-state index contributed by atoms with van der Waals surface area (Å²) in [5.41, 5.74) is 1.10. The number of nitrogens with zero attached hydrogens (tertiary/aromatic N) is 1. The molecular weight excluding hydrogens is 402 g/mol. The third-order valence-electron chi connectivity index (χ3n) is 4.72. The first-order valence-electron chi connectivity index (χ1n) is 9.73. The van der Waals surface area contributed by atoms with Crippen molar-refractivity contribution in [1.82, 2.24) is 5.32 Å². The molecule has 0 aliphatic heterocycles. The van der Waals surface area contributed by atoms with Crippen molar-refractivity contribution >= 4 is 6.79 Å². The second-order valence-corrected chi connectivity index (χ2v) is 6.97. The Hall–Kier alpha value is -2.77. The van der Waals surface area contributed by atoms with Gasteiger partial charge in [0.05, 0.1) is 0 Å². The molecule has 0 saturated heterocycles. The van der Waals surface area contributed by atoms with Crippen LogP contribution in [0, 0.1) is 23.5 Å². The van der Waals surface area contributed by atoms with Crippen LogP contribution in [-0.4, -0.2) is 27.6 Å². The van der Waals surface area contributed by atoms with E-state index in [-0.39, 0.29) is 17.7 Å². The van der Waals surface area contributed by atoms with Crippen LogP contribution < -0.4 is 5.32 Å². The lowest BCUT2D eigenvalue weighted by atomic mass is 9.84. The smallest absolute Gasteiger partial charge is 0.132 e. The lowest BCUT2D eigenvalue weighted by molar-refractivity contribution is -0.0979. The number of hydrogen-bond donors (Lipinski definition) is 1. The van der Waals surface area contributed by atoms with E-state index in [4.69, 9.17) is 4.79 Å². The van der Waals surface area contributed by atoms with E-state index in [1.54, 1.807) is 45.4 Å². The van der Waals surface area contributed by atoms with Gasteiger partial charge in [0, 0.05) is 20.3 Å². The van der Waals surface area contributed by atoms with Crippen LogP contribution in [0.15, 0.2) is 60.3 Å². The van der Waals surface area contributed by atoms with Crippen LogP contribution in [-0.2, 0) is 15.1 Å². The van der Waals surface area contributed by atoms with Crippen molar-refractivity contribution in [3.63, 3.8) is 0 Å². The molecular formula is C24H32F2N2O3. The van der Waals surface area contributed by atoms with Crippen LogP contribution in [0.3, 0.4) is 0 Å². The summed E-state index contributed by atoms with van der Waals surface area (Å²) in [5, 5.41) is 6.66. The minimum atomic E-state index is -0.999. The summed E-state index contributed by atoms with van der Waals surface area (Å²) in [7, 11) is 3.25. The van der Waals surface area contributed by atoms with E-state index >= 15 is 0 Å². The summed E-state index contributed by atoms with van der Waals surface area (Å²) < 4.78 is 31.2. The highest BCUT2D eigenvalue weighted by atomic mass is 19.1. The van der Waals surface area contributed by atoms with Gasteiger partial charge in [-0.15, -0.1) is 11.5 Å². The van der Waals surface area contributed by atoms with Crippen molar-refractivity contribution in [2.24, 2.45) is 5.18 Å². The van der Waals surface area contributed by atoms with E-state index in [9.17, 15) is 13.7 Å². The highest BCUT2D eigenvalue weighted by Gasteiger charge is 2.32. The zero-order valence-corrected chi connectivity index (χ0v) is 18.7. The lowest BCUT2D eigenvalue weighted by Crippen LogP contribution is -2.30. The molecule has 0 fully saturated rings. The molecule has 2 rings (SSSR count). The summed E-state index contributed by atoms with van der Waals surface area (Å²) in [6, 6.07) is 10.9. The Labute approximate surface area is 183 Å². The third kappa shape index (κ3) is 8.86. The maximum absolute atomic E-state index is 13.7. The second kappa shape index (κ2) is 15.1. The molecule has 0 saturated carbocycles. The average molecular weight is 435 g/mol. The van der Waals surface area contributed by atoms with Gasteiger partial charge in [-0.25, -0.2) is 8.78 Å². The molecule has 0 aromatic heterocycles. The predicted octanol–water partition coefficient (Wildman–Crippen LogP) is 5.63. The SMILES string of the molecule is C=CCC(CCNC(C)c1ccc(C)c(F)c1)(N=O)c1ccc(F)cc1.C=O.COC. The van der Waals surface area contributed by atoms with Crippen LogP contribution in [0.1, 0.15) is 42.5 Å². The number of carbonyl (C=O) groups excluding carboxylic acids is 1. The molecule has 31 heavy (non-hydrogen) atoms. The molecule has 2 aromatic carbocycles. The Kier molecular flexibility index (Phi) is 13.7. The molecule has 2 aromatic rings. The van der Waals surface area contributed by atoms with Gasteiger partial charge in [-0.3, -0.25) is 0 Å². The molecule has 7 heteroatoms. The fraction of sp³-hybridized carbons (Fsp3) is 0.375. The molecule has 2 atom stereocenters. The van der Waals surface area contributed by atoms with E-state index in [1.807, 2.05) is 19.8 Å².